The smallest absolute Gasteiger partial charge is 0.270 e. The van der Waals surface area contributed by atoms with E-state index in [2.05, 4.69) is 4.98 Å². The Morgan fingerprint density at radius 2 is 1.93 bits per heavy atom. The number of nitrogens with one attached hydrogen (secondary N) is 1. The minimum atomic E-state index is -0.730. The topological polar surface area (TPSA) is 62.4 Å². The summed E-state index contributed by atoms with van der Waals surface area (Å²) in [4.78, 5) is 29.9. The number of H-pyrrole nitrogens is 1. The number of ether oxygens (including phenoxy) is 1. The number of Topliss-reactive ketones (excluding diaryl/α,β-unsaturated/α-hetero) is 1. The van der Waals surface area contributed by atoms with E-state index in [0.29, 0.717) is 49.3 Å². The summed E-state index contributed by atoms with van der Waals surface area (Å²) < 4.78 is 32.5. The quantitative estimate of drug-likeness (QED) is 0.724. The van der Waals surface area contributed by atoms with Gasteiger partial charge in [-0.25, -0.2) is 8.78 Å². The number of halogens is 2. The number of hydrogen-bond acceptors (Lipinski definition) is 3. The van der Waals surface area contributed by atoms with E-state index in [0.717, 1.165) is 24.1 Å². The van der Waals surface area contributed by atoms with Crippen LogP contribution in [0.4, 0.5) is 8.78 Å². The van der Waals surface area contributed by atoms with Crippen LogP contribution in [0.1, 0.15) is 65.2 Å². The van der Waals surface area contributed by atoms with Gasteiger partial charge in [0.25, 0.3) is 5.91 Å². The molecule has 1 N–H and O–H groups in total. The number of hydrogen-bond donors (Lipinski definition) is 1. The minimum absolute atomic E-state index is 0.0208. The van der Waals surface area contributed by atoms with E-state index >= 15 is 0 Å². The van der Waals surface area contributed by atoms with Crippen LogP contribution in [0.15, 0.2) is 18.2 Å². The van der Waals surface area contributed by atoms with Gasteiger partial charge in [-0.1, -0.05) is 13.3 Å². The number of carbonyl (C=O) groups is 2. The third kappa shape index (κ3) is 4.49. The third-order valence-electron chi connectivity index (χ3n) is 5.27. The van der Waals surface area contributed by atoms with E-state index < -0.39 is 11.6 Å². The van der Waals surface area contributed by atoms with Crippen molar-refractivity contribution < 1.29 is 23.1 Å². The molecule has 2 heterocycles. The van der Waals surface area contributed by atoms with Gasteiger partial charge in [-0.3, -0.25) is 9.59 Å². The minimum Gasteiger partial charge on any atom is -0.487 e. The van der Waals surface area contributed by atoms with E-state index in [9.17, 15) is 18.4 Å². The van der Waals surface area contributed by atoms with Crippen LogP contribution in [0.25, 0.3) is 0 Å². The zero-order chi connectivity index (χ0) is 21.1. The first-order chi connectivity index (χ1) is 13.8. The molecule has 1 aromatic heterocycles. The molecule has 0 aliphatic carbocycles. The number of ketones is 1. The van der Waals surface area contributed by atoms with Gasteiger partial charge in [0.2, 0.25) is 0 Å². The van der Waals surface area contributed by atoms with Gasteiger partial charge in [0.15, 0.2) is 17.3 Å². The average molecular weight is 404 g/mol. The van der Waals surface area contributed by atoms with E-state index in [1.165, 1.54) is 13.0 Å². The molecule has 2 aromatic rings. The Morgan fingerprint density at radius 1 is 1.24 bits per heavy atom. The highest BCUT2D eigenvalue weighted by molar-refractivity contribution is 6.02. The Kier molecular flexibility index (Phi) is 6.35. The lowest BCUT2D eigenvalue weighted by molar-refractivity contribution is 0.0582. The lowest BCUT2D eigenvalue weighted by atomic mass is 10.00. The highest BCUT2D eigenvalue weighted by atomic mass is 19.1. The van der Waals surface area contributed by atoms with Crippen LogP contribution in [0.5, 0.6) is 5.75 Å². The highest BCUT2D eigenvalue weighted by Gasteiger charge is 2.29. The number of aromatic nitrogens is 1. The molecule has 156 valence electrons. The first-order valence-corrected chi connectivity index (χ1v) is 9.95. The van der Waals surface area contributed by atoms with Gasteiger partial charge in [-0.15, -0.1) is 0 Å². The van der Waals surface area contributed by atoms with Crippen LogP contribution in [0.3, 0.4) is 0 Å². The number of carbonyl (C=O) groups excluding carboxylic acids is 2. The van der Waals surface area contributed by atoms with E-state index in [-0.39, 0.29) is 23.5 Å². The van der Waals surface area contributed by atoms with Crippen LogP contribution in [0, 0.1) is 18.6 Å². The molecule has 1 aliphatic rings. The SMILES string of the molecule is CCCc1c(C(=O)N2CCC(Oc3ccc(F)cc3F)CC2)[nH]c(C)c1C(C)=O. The summed E-state index contributed by atoms with van der Waals surface area (Å²) in [5.41, 5.74) is 2.60. The number of nitrogens with zero attached hydrogens (tertiary/aromatic N) is 1. The second-order valence-electron chi connectivity index (χ2n) is 7.47. The van der Waals surface area contributed by atoms with Crippen molar-refractivity contribution in [3.8, 4) is 5.75 Å². The van der Waals surface area contributed by atoms with Crippen molar-refractivity contribution in [1.82, 2.24) is 9.88 Å². The molecule has 1 aliphatic heterocycles. The van der Waals surface area contributed by atoms with Crippen molar-refractivity contribution in [3.05, 3.63) is 52.3 Å². The molecule has 1 fully saturated rings. The number of aryl methyl sites for hydroxylation is 1. The Morgan fingerprint density at radius 3 is 2.52 bits per heavy atom. The lowest BCUT2D eigenvalue weighted by Crippen LogP contribution is -2.42. The fraction of sp³-hybridized carbons (Fsp3) is 0.455. The molecule has 0 saturated carbocycles. The van der Waals surface area contributed by atoms with Crippen molar-refractivity contribution in [3.63, 3.8) is 0 Å². The Bertz CT molecular complexity index is 915. The number of rotatable bonds is 6. The molecule has 29 heavy (non-hydrogen) atoms. The van der Waals surface area contributed by atoms with Gasteiger partial charge in [-0.2, -0.15) is 0 Å². The lowest BCUT2D eigenvalue weighted by Gasteiger charge is -2.32. The standard InChI is InChI=1S/C22H26F2N2O3/c1-4-5-17-20(14(3)27)13(2)25-21(17)22(28)26-10-8-16(9-11-26)29-19-7-6-15(23)12-18(19)24/h6-7,12,16,25H,4-5,8-11H2,1-3H3. The second-order valence-corrected chi connectivity index (χ2v) is 7.47. The number of amides is 1. The molecule has 0 bridgehead atoms. The van der Waals surface area contributed by atoms with Gasteiger partial charge >= 0.3 is 0 Å². The van der Waals surface area contributed by atoms with Crippen LogP contribution < -0.4 is 4.74 Å². The molecular weight excluding hydrogens is 378 g/mol. The first kappa shape index (κ1) is 21.0. The molecule has 1 amide bonds. The zero-order valence-corrected chi connectivity index (χ0v) is 17.0. The van der Waals surface area contributed by atoms with Crippen molar-refractivity contribution in [2.75, 3.05) is 13.1 Å². The zero-order valence-electron chi connectivity index (χ0n) is 17.0. The largest absolute Gasteiger partial charge is 0.487 e. The first-order valence-electron chi connectivity index (χ1n) is 9.95. The van der Waals surface area contributed by atoms with E-state index in [4.69, 9.17) is 4.74 Å². The molecule has 7 heteroatoms. The molecule has 0 unspecified atom stereocenters. The Balaban J connectivity index is 1.69. The molecular formula is C22H26F2N2O3. The summed E-state index contributed by atoms with van der Waals surface area (Å²) in [5, 5.41) is 0. The molecule has 5 nitrogen and oxygen atoms in total. The van der Waals surface area contributed by atoms with Crippen molar-refractivity contribution in [1.29, 1.82) is 0 Å². The average Bonchev–Trinajstić information content (AvgIpc) is 3.00. The van der Waals surface area contributed by atoms with Crippen molar-refractivity contribution >= 4 is 11.7 Å². The van der Waals surface area contributed by atoms with Crippen LogP contribution in [-0.2, 0) is 6.42 Å². The fourth-order valence-corrected chi connectivity index (χ4v) is 3.92. The fourth-order valence-electron chi connectivity index (χ4n) is 3.92. The van der Waals surface area contributed by atoms with Gasteiger partial charge in [0, 0.05) is 43.3 Å². The molecule has 0 spiro atoms. The van der Waals surface area contributed by atoms with E-state index in [1.807, 2.05) is 13.8 Å². The van der Waals surface area contributed by atoms with Gasteiger partial charge in [0.05, 0.1) is 0 Å². The Labute approximate surface area is 169 Å². The molecule has 3 rings (SSSR count). The molecule has 0 radical (unpaired) electrons. The van der Waals surface area contributed by atoms with E-state index in [1.54, 1.807) is 4.90 Å². The van der Waals surface area contributed by atoms with Gasteiger partial charge < -0.3 is 14.6 Å². The normalized spacial score (nSPS) is 14.9. The maximum Gasteiger partial charge on any atom is 0.270 e. The summed E-state index contributed by atoms with van der Waals surface area (Å²) in [6.45, 7) is 6.26. The van der Waals surface area contributed by atoms with Crippen LogP contribution in [-0.4, -0.2) is 40.8 Å². The van der Waals surface area contributed by atoms with Crippen molar-refractivity contribution in [2.45, 2.75) is 52.6 Å². The maximum atomic E-state index is 13.8. The summed E-state index contributed by atoms with van der Waals surface area (Å²) in [7, 11) is 0. The highest BCUT2D eigenvalue weighted by Crippen LogP contribution is 2.26. The summed E-state index contributed by atoms with van der Waals surface area (Å²) in [6, 6.07) is 3.24. The Hall–Kier alpha value is -2.70. The van der Waals surface area contributed by atoms with Gasteiger partial charge in [0.1, 0.15) is 17.6 Å². The predicted octanol–water partition coefficient (Wildman–Crippen LogP) is 4.44. The number of aromatic amines is 1. The summed E-state index contributed by atoms with van der Waals surface area (Å²) in [6.07, 6.45) is 2.34. The number of piperidine rings is 1. The summed E-state index contributed by atoms with van der Waals surface area (Å²) >= 11 is 0. The molecule has 1 saturated heterocycles. The third-order valence-corrected chi connectivity index (χ3v) is 5.27. The maximum absolute atomic E-state index is 13.8. The molecule has 1 aromatic carbocycles. The predicted molar refractivity (Wildman–Crippen MR) is 105 cm³/mol. The van der Waals surface area contributed by atoms with Crippen molar-refractivity contribution in [2.24, 2.45) is 0 Å². The van der Waals surface area contributed by atoms with Gasteiger partial charge in [-0.05, 0) is 38.0 Å². The second kappa shape index (κ2) is 8.76. The van der Waals surface area contributed by atoms with Crippen LogP contribution >= 0.6 is 0 Å². The number of likely N-dealkylation sites (tertiary alicyclic amines) is 1. The van der Waals surface area contributed by atoms with Crippen LogP contribution in [0.2, 0.25) is 0 Å². The molecule has 0 atom stereocenters. The monoisotopic (exact) mass is 404 g/mol. The number of benzene rings is 1. The summed E-state index contributed by atoms with van der Waals surface area (Å²) in [5.74, 6) is -1.53.